The minimum atomic E-state index is -1.57. The van der Waals surface area contributed by atoms with Crippen molar-refractivity contribution in [2.24, 2.45) is 34.5 Å². The molecule has 4 aliphatic rings. The summed E-state index contributed by atoms with van der Waals surface area (Å²) < 4.78 is 4.89. The van der Waals surface area contributed by atoms with Crippen LogP contribution >= 0.6 is 0 Å². The van der Waals surface area contributed by atoms with E-state index in [-0.39, 0.29) is 23.2 Å². The fourth-order valence-electron chi connectivity index (χ4n) is 7.92. The van der Waals surface area contributed by atoms with Gasteiger partial charge in [0.05, 0.1) is 6.10 Å². The molecule has 162 valence electrons. The number of aliphatic hydroxyl groups excluding tert-OH is 1. The minimum Gasteiger partial charge on any atom is -0.458 e. The summed E-state index contributed by atoms with van der Waals surface area (Å²) in [5.74, 6) is 0.182. The highest BCUT2D eigenvalue weighted by Gasteiger charge is 2.68. The number of carbonyl (C=O) groups is 3. The zero-order valence-electron chi connectivity index (χ0n) is 17.8. The van der Waals surface area contributed by atoms with Crippen molar-refractivity contribution in [3.8, 4) is 0 Å². The van der Waals surface area contributed by atoms with E-state index >= 15 is 0 Å². The highest BCUT2D eigenvalue weighted by atomic mass is 16.5. The third-order valence-corrected chi connectivity index (χ3v) is 9.43. The zero-order valence-corrected chi connectivity index (χ0v) is 17.8. The first-order valence-electron chi connectivity index (χ1n) is 11.1. The number of fused-ring (bicyclic) bond motifs is 5. The average molecular weight is 407 g/mol. The molecule has 6 heteroatoms. The van der Waals surface area contributed by atoms with Crippen LogP contribution < -0.4 is 0 Å². The van der Waals surface area contributed by atoms with Gasteiger partial charge in [0.1, 0.15) is 11.4 Å². The van der Waals surface area contributed by atoms with Crippen molar-refractivity contribution in [1.82, 2.24) is 0 Å². The number of aliphatic hydroxyl groups is 2. The molecule has 4 rings (SSSR count). The van der Waals surface area contributed by atoms with E-state index in [1.165, 1.54) is 6.92 Å². The van der Waals surface area contributed by atoms with E-state index in [1.54, 1.807) is 0 Å². The van der Waals surface area contributed by atoms with Crippen molar-refractivity contribution in [2.45, 2.75) is 83.8 Å². The predicted octanol–water partition coefficient (Wildman–Crippen LogP) is 2.43. The Morgan fingerprint density at radius 3 is 2.59 bits per heavy atom. The predicted molar refractivity (Wildman–Crippen MR) is 105 cm³/mol. The molecule has 4 aliphatic carbocycles. The Labute approximate surface area is 172 Å². The van der Waals surface area contributed by atoms with E-state index in [2.05, 4.69) is 6.92 Å². The summed E-state index contributed by atoms with van der Waals surface area (Å²) in [7, 11) is 0. The quantitative estimate of drug-likeness (QED) is 0.698. The van der Waals surface area contributed by atoms with Gasteiger partial charge in [0.15, 0.2) is 6.61 Å². The molecule has 0 bridgehead atoms. The molecule has 0 amide bonds. The minimum absolute atomic E-state index is 0.0555. The Bertz CT molecular complexity index is 733. The van der Waals surface area contributed by atoms with Crippen LogP contribution in [0.4, 0.5) is 0 Å². The molecule has 0 aromatic heterocycles. The smallest absolute Gasteiger partial charge is 0.303 e. The fourth-order valence-corrected chi connectivity index (χ4v) is 7.92. The summed E-state index contributed by atoms with van der Waals surface area (Å²) in [6, 6.07) is 0. The van der Waals surface area contributed by atoms with Crippen LogP contribution in [0, 0.1) is 34.5 Å². The lowest BCUT2D eigenvalue weighted by Crippen LogP contribution is -2.63. The number of ketones is 2. The molecule has 0 heterocycles. The van der Waals surface area contributed by atoms with Crippen LogP contribution in [0.15, 0.2) is 0 Å². The first-order chi connectivity index (χ1) is 13.5. The third kappa shape index (κ3) is 2.93. The molecule has 0 spiro atoms. The van der Waals surface area contributed by atoms with Gasteiger partial charge in [-0.2, -0.15) is 0 Å². The molecule has 0 aliphatic heterocycles. The van der Waals surface area contributed by atoms with Crippen LogP contribution in [0.5, 0.6) is 0 Å². The second kappa shape index (κ2) is 6.88. The van der Waals surface area contributed by atoms with Gasteiger partial charge >= 0.3 is 5.97 Å². The maximum atomic E-state index is 12.9. The molecule has 29 heavy (non-hydrogen) atoms. The summed E-state index contributed by atoms with van der Waals surface area (Å²) in [4.78, 5) is 36.1. The molecule has 0 aromatic carbocycles. The van der Waals surface area contributed by atoms with Crippen molar-refractivity contribution in [2.75, 3.05) is 6.61 Å². The van der Waals surface area contributed by atoms with Crippen LogP contribution in [-0.4, -0.2) is 46.1 Å². The molecule has 8 atom stereocenters. The molecule has 2 N–H and O–H groups in total. The lowest BCUT2D eigenvalue weighted by Gasteiger charge is -2.62. The molecule has 0 aromatic rings. The molecule has 6 nitrogen and oxygen atoms in total. The Morgan fingerprint density at radius 2 is 1.90 bits per heavy atom. The van der Waals surface area contributed by atoms with Crippen molar-refractivity contribution < 1.29 is 29.3 Å². The van der Waals surface area contributed by atoms with Crippen LogP contribution in [0.25, 0.3) is 0 Å². The van der Waals surface area contributed by atoms with E-state index in [0.29, 0.717) is 37.4 Å². The molecule has 2 unspecified atom stereocenters. The Hall–Kier alpha value is -1.27. The van der Waals surface area contributed by atoms with Gasteiger partial charge in [-0.3, -0.25) is 14.4 Å². The fraction of sp³-hybridized carbons (Fsp3) is 0.870. The number of rotatable bonds is 3. The molecule has 0 saturated heterocycles. The van der Waals surface area contributed by atoms with E-state index in [9.17, 15) is 24.6 Å². The lowest BCUT2D eigenvalue weighted by molar-refractivity contribution is -0.199. The van der Waals surface area contributed by atoms with Crippen molar-refractivity contribution in [1.29, 1.82) is 0 Å². The van der Waals surface area contributed by atoms with Crippen molar-refractivity contribution in [3.05, 3.63) is 0 Å². The normalized spacial score (nSPS) is 49.0. The Balaban J connectivity index is 1.63. The number of Topliss-reactive ketones (excluding diaryl/α,β-unsaturated/α-hetero) is 2. The summed E-state index contributed by atoms with van der Waals surface area (Å²) >= 11 is 0. The maximum absolute atomic E-state index is 12.9. The summed E-state index contributed by atoms with van der Waals surface area (Å²) in [6.45, 7) is 5.02. The highest BCUT2D eigenvalue weighted by Crippen LogP contribution is 2.68. The van der Waals surface area contributed by atoms with Gasteiger partial charge in [-0.05, 0) is 67.6 Å². The van der Waals surface area contributed by atoms with E-state index in [1.807, 2.05) is 6.92 Å². The number of hydrogen-bond donors (Lipinski definition) is 2. The van der Waals surface area contributed by atoms with E-state index < -0.39 is 35.5 Å². The summed E-state index contributed by atoms with van der Waals surface area (Å²) in [5, 5.41) is 22.8. The van der Waals surface area contributed by atoms with Crippen LogP contribution in [0.2, 0.25) is 0 Å². The Morgan fingerprint density at radius 1 is 1.17 bits per heavy atom. The van der Waals surface area contributed by atoms with E-state index in [0.717, 1.165) is 25.7 Å². The Kier molecular flexibility index (Phi) is 4.97. The van der Waals surface area contributed by atoms with Crippen molar-refractivity contribution >= 4 is 17.5 Å². The summed E-state index contributed by atoms with van der Waals surface area (Å²) in [6.07, 6.45) is 4.81. The van der Waals surface area contributed by atoms with E-state index in [4.69, 9.17) is 4.74 Å². The molecular weight excluding hydrogens is 372 g/mol. The lowest BCUT2D eigenvalue weighted by atomic mass is 9.43. The van der Waals surface area contributed by atoms with Gasteiger partial charge in [-0.25, -0.2) is 0 Å². The first-order valence-corrected chi connectivity index (χ1v) is 11.1. The standard InChI is InChI=1S/C23H34O6/c1-13(24)29-12-19(27)23(28)9-7-17-16-5-4-14-10-15(25)6-8-21(14,2)20(16)18(26)11-22(17,23)3/h14,16-18,20,26,28H,4-12H2,1-3H3/t14?,16-,17-,18?,20+,21-,22-,23-/m0/s1. The number of hydrogen-bond acceptors (Lipinski definition) is 6. The molecule has 0 radical (unpaired) electrons. The SMILES string of the molecule is CC(=O)OCC(=O)[C@@]1(O)CC[C@H]2[C@@H]3CCC4CC(=O)CC[C@]4(C)[C@H]3C(O)C[C@@]21C. The van der Waals surface area contributed by atoms with Gasteiger partial charge in [-0.15, -0.1) is 0 Å². The monoisotopic (exact) mass is 406 g/mol. The van der Waals surface area contributed by atoms with Gasteiger partial charge < -0.3 is 14.9 Å². The largest absolute Gasteiger partial charge is 0.458 e. The molecule has 4 saturated carbocycles. The summed E-state index contributed by atoms with van der Waals surface area (Å²) in [5.41, 5.74) is -2.35. The van der Waals surface area contributed by atoms with Crippen LogP contribution in [0.1, 0.15) is 72.1 Å². The first kappa shape index (κ1) is 21.0. The maximum Gasteiger partial charge on any atom is 0.303 e. The molecular formula is C23H34O6. The van der Waals surface area contributed by atoms with Gasteiger partial charge in [-0.1, -0.05) is 13.8 Å². The number of ether oxygens (including phenoxy) is 1. The van der Waals surface area contributed by atoms with Gasteiger partial charge in [0.2, 0.25) is 5.78 Å². The third-order valence-electron chi connectivity index (χ3n) is 9.43. The average Bonchev–Trinajstić information content (AvgIpc) is 2.91. The van der Waals surface area contributed by atoms with Crippen molar-refractivity contribution in [3.63, 3.8) is 0 Å². The van der Waals surface area contributed by atoms with Crippen LogP contribution in [0.3, 0.4) is 0 Å². The second-order valence-corrected chi connectivity index (χ2v) is 10.6. The topological polar surface area (TPSA) is 101 Å². The second-order valence-electron chi connectivity index (χ2n) is 10.6. The number of carbonyl (C=O) groups excluding carboxylic acids is 3. The van der Waals surface area contributed by atoms with Gasteiger partial charge in [0.25, 0.3) is 0 Å². The zero-order chi connectivity index (χ0) is 21.2. The highest BCUT2D eigenvalue weighted by molar-refractivity contribution is 5.91. The molecule has 4 fully saturated rings. The van der Waals surface area contributed by atoms with Gasteiger partial charge in [0, 0.05) is 25.2 Å². The number of esters is 1. The van der Waals surface area contributed by atoms with Crippen LogP contribution in [-0.2, 0) is 19.1 Å².